The molecule has 0 spiro atoms. The molecular weight excluding hydrogens is 290 g/mol. The van der Waals surface area contributed by atoms with Crippen LogP contribution in [-0.2, 0) is 6.42 Å². The van der Waals surface area contributed by atoms with Crippen LogP contribution >= 0.6 is 0 Å². The lowest BCUT2D eigenvalue weighted by Gasteiger charge is -2.32. The quantitative estimate of drug-likeness (QED) is 0.708. The van der Waals surface area contributed by atoms with E-state index in [0.29, 0.717) is 16.9 Å². The van der Waals surface area contributed by atoms with Crippen molar-refractivity contribution in [3.63, 3.8) is 0 Å². The Labute approximate surface area is 144 Å². The SMILES string of the molecule is CCc1ccc(C)[n+](C(C)CCC(C)(C)CC(C)(C)C)c1.[Cl-]. The maximum Gasteiger partial charge on any atom is 0.178 e. The van der Waals surface area contributed by atoms with Gasteiger partial charge in [0.15, 0.2) is 17.9 Å². The maximum atomic E-state index is 2.46. The Morgan fingerprint density at radius 2 is 1.68 bits per heavy atom. The van der Waals surface area contributed by atoms with Crippen molar-refractivity contribution in [1.29, 1.82) is 0 Å². The van der Waals surface area contributed by atoms with E-state index in [9.17, 15) is 0 Å². The van der Waals surface area contributed by atoms with Crippen molar-refractivity contribution in [3.8, 4) is 0 Å². The second-order valence-electron chi connectivity index (χ2n) is 8.73. The minimum Gasteiger partial charge on any atom is -1.00 e. The van der Waals surface area contributed by atoms with Crippen LogP contribution in [0.1, 0.15) is 85.0 Å². The number of halogens is 1. The molecule has 1 aromatic rings. The van der Waals surface area contributed by atoms with E-state index in [1.807, 2.05) is 0 Å². The highest BCUT2D eigenvalue weighted by molar-refractivity contribution is 5.08. The molecule has 0 aliphatic carbocycles. The molecule has 0 aromatic carbocycles. The number of nitrogens with zero attached hydrogens (tertiary/aromatic N) is 1. The van der Waals surface area contributed by atoms with Gasteiger partial charge in [-0.3, -0.25) is 0 Å². The fourth-order valence-electron chi connectivity index (χ4n) is 3.58. The Kier molecular flexibility index (Phi) is 8.12. The summed E-state index contributed by atoms with van der Waals surface area (Å²) in [5.74, 6) is 0. The molecular formula is C20H36ClN. The van der Waals surface area contributed by atoms with Gasteiger partial charge in [-0.1, -0.05) is 41.5 Å². The number of aryl methyl sites for hydroxylation is 2. The van der Waals surface area contributed by atoms with Gasteiger partial charge in [-0.05, 0) is 43.1 Å². The van der Waals surface area contributed by atoms with E-state index in [0.717, 1.165) is 6.42 Å². The second kappa shape index (κ2) is 8.34. The molecule has 0 aliphatic heterocycles. The first-order chi connectivity index (χ1) is 9.54. The van der Waals surface area contributed by atoms with Crippen LogP contribution in [0.15, 0.2) is 18.3 Å². The summed E-state index contributed by atoms with van der Waals surface area (Å²) < 4.78 is 2.46. The van der Waals surface area contributed by atoms with E-state index >= 15 is 0 Å². The standard InChI is InChI=1S/C20H36N.ClH/c1-9-18-11-10-16(2)21(14-18)17(3)12-13-20(7,8)15-19(4,5)6;/h10-11,14,17H,9,12-13,15H2,1-8H3;1H/q+1;/p-1. The highest BCUT2D eigenvalue weighted by Crippen LogP contribution is 2.37. The van der Waals surface area contributed by atoms with E-state index in [1.165, 1.54) is 30.5 Å². The topological polar surface area (TPSA) is 3.88 Å². The van der Waals surface area contributed by atoms with Crippen molar-refractivity contribution < 1.29 is 17.0 Å². The van der Waals surface area contributed by atoms with Gasteiger partial charge in [0.1, 0.15) is 0 Å². The van der Waals surface area contributed by atoms with Gasteiger partial charge < -0.3 is 12.4 Å². The summed E-state index contributed by atoms with van der Waals surface area (Å²) in [4.78, 5) is 0. The summed E-state index contributed by atoms with van der Waals surface area (Å²) in [7, 11) is 0. The zero-order valence-electron chi connectivity index (χ0n) is 16.0. The molecule has 0 aliphatic rings. The monoisotopic (exact) mass is 325 g/mol. The predicted octanol–water partition coefficient (Wildman–Crippen LogP) is 2.65. The summed E-state index contributed by atoms with van der Waals surface area (Å²) in [6.07, 6.45) is 7.28. The number of rotatable bonds is 6. The van der Waals surface area contributed by atoms with E-state index in [-0.39, 0.29) is 12.4 Å². The third kappa shape index (κ3) is 7.13. The van der Waals surface area contributed by atoms with Gasteiger partial charge in [-0.25, -0.2) is 4.57 Å². The number of hydrogen-bond acceptors (Lipinski definition) is 0. The van der Waals surface area contributed by atoms with Gasteiger partial charge >= 0.3 is 0 Å². The predicted molar refractivity (Wildman–Crippen MR) is 92.6 cm³/mol. The first kappa shape index (κ1) is 21.4. The average Bonchev–Trinajstić information content (AvgIpc) is 2.34. The molecule has 1 atom stereocenters. The molecule has 1 heterocycles. The Morgan fingerprint density at radius 3 is 2.18 bits per heavy atom. The Hall–Kier alpha value is -0.560. The molecule has 2 heteroatoms. The first-order valence-corrected chi connectivity index (χ1v) is 8.55. The summed E-state index contributed by atoms with van der Waals surface area (Å²) in [5, 5.41) is 0. The zero-order chi connectivity index (χ0) is 16.3. The fourth-order valence-corrected chi connectivity index (χ4v) is 3.58. The third-order valence-electron chi connectivity index (χ3n) is 4.38. The lowest BCUT2D eigenvalue weighted by molar-refractivity contribution is -0.726. The van der Waals surface area contributed by atoms with Gasteiger partial charge in [-0.15, -0.1) is 0 Å². The average molecular weight is 326 g/mol. The van der Waals surface area contributed by atoms with Gasteiger partial charge in [0.05, 0.1) is 0 Å². The minimum atomic E-state index is 0. The van der Waals surface area contributed by atoms with E-state index in [4.69, 9.17) is 0 Å². The molecule has 0 radical (unpaired) electrons. The van der Waals surface area contributed by atoms with Crippen molar-refractivity contribution >= 4 is 0 Å². The Bertz CT molecular complexity index is 457. The minimum absolute atomic E-state index is 0. The molecule has 0 saturated heterocycles. The lowest BCUT2D eigenvalue weighted by atomic mass is 9.73. The van der Waals surface area contributed by atoms with E-state index < -0.39 is 0 Å². The van der Waals surface area contributed by atoms with Crippen LogP contribution in [0.2, 0.25) is 0 Å². The van der Waals surface area contributed by atoms with E-state index in [1.54, 1.807) is 0 Å². The molecule has 128 valence electrons. The molecule has 0 bridgehead atoms. The molecule has 1 unspecified atom stereocenters. The molecule has 1 nitrogen and oxygen atoms in total. The molecule has 1 rings (SSSR count). The van der Waals surface area contributed by atoms with Crippen LogP contribution in [0, 0.1) is 17.8 Å². The second-order valence-corrected chi connectivity index (χ2v) is 8.73. The van der Waals surface area contributed by atoms with Crippen LogP contribution < -0.4 is 17.0 Å². The number of hydrogen-bond donors (Lipinski definition) is 0. The van der Waals surface area contributed by atoms with Crippen molar-refractivity contribution in [2.75, 3.05) is 0 Å². The smallest absolute Gasteiger partial charge is 0.178 e. The van der Waals surface area contributed by atoms with Crippen molar-refractivity contribution in [1.82, 2.24) is 0 Å². The third-order valence-corrected chi connectivity index (χ3v) is 4.38. The van der Waals surface area contributed by atoms with Gasteiger partial charge in [0, 0.05) is 25.0 Å². The van der Waals surface area contributed by atoms with Crippen LogP contribution in [0.5, 0.6) is 0 Å². The Balaban J connectivity index is 0.00000441. The summed E-state index contributed by atoms with van der Waals surface area (Å²) in [5.41, 5.74) is 3.64. The molecule has 1 aromatic heterocycles. The lowest BCUT2D eigenvalue weighted by Crippen LogP contribution is -3.00. The van der Waals surface area contributed by atoms with Crippen LogP contribution in [0.25, 0.3) is 0 Å². The van der Waals surface area contributed by atoms with E-state index in [2.05, 4.69) is 78.3 Å². The fraction of sp³-hybridized carbons (Fsp3) is 0.750. The molecule has 0 N–H and O–H groups in total. The largest absolute Gasteiger partial charge is 1.00 e. The molecule has 0 amide bonds. The highest BCUT2D eigenvalue weighted by Gasteiger charge is 2.27. The van der Waals surface area contributed by atoms with Crippen LogP contribution in [0.3, 0.4) is 0 Å². The maximum absolute atomic E-state index is 2.46. The Morgan fingerprint density at radius 1 is 1.09 bits per heavy atom. The number of aromatic nitrogens is 1. The van der Waals surface area contributed by atoms with Gasteiger partial charge in [0.2, 0.25) is 0 Å². The first-order valence-electron chi connectivity index (χ1n) is 8.55. The summed E-state index contributed by atoms with van der Waals surface area (Å²) in [6.45, 7) is 18.7. The molecule has 0 saturated carbocycles. The highest BCUT2D eigenvalue weighted by atomic mass is 35.5. The van der Waals surface area contributed by atoms with Crippen molar-refractivity contribution in [2.24, 2.45) is 10.8 Å². The zero-order valence-corrected chi connectivity index (χ0v) is 16.7. The van der Waals surface area contributed by atoms with Crippen molar-refractivity contribution in [3.05, 3.63) is 29.6 Å². The van der Waals surface area contributed by atoms with Crippen molar-refractivity contribution in [2.45, 2.75) is 87.1 Å². The van der Waals surface area contributed by atoms with Gasteiger partial charge in [-0.2, -0.15) is 0 Å². The summed E-state index contributed by atoms with van der Waals surface area (Å²) in [6, 6.07) is 5.09. The molecule has 22 heavy (non-hydrogen) atoms. The van der Waals surface area contributed by atoms with Crippen LogP contribution in [0.4, 0.5) is 0 Å². The summed E-state index contributed by atoms with van der Waals surface area (Å²) >= 11 is 0. The number of pyridine rings is 1. The van der Waals surface area contributed by atoms with Gasteiger partial charge in [0.25, 0.3) is 0 Å². The van der Waals surface area contributed by atoms with Crippen LogP contribution in [-0.4, -0.2) is 0 Å². The molecule has 0 fully saturated rings. The normalized spacial score (nSPS) is 13.6.